The molecule has 3 heterocycles. The van der Waals surface area contributed by atoms with E-state index in [2.05, 4.69) is 10.2 Å². The van der Waals surface area contributed by atoms with Gasteiger partial charge in [-0.15, -0.1) is 14.1 Å². The van der Waals surface area contributed by atoms with Gasteiger partial charge < -0.3 is 4.42 Å². The number of hydrogen-bond donors (Lipinski definition) is 0. The smallest absolute Gasteiger partial charge is 0.302 e. The van der Waals surface area contributed by atoms with Crippen LogP contribution in [0.3, 0.4) is 0 Å². The van der Waals surface area contributed by atoms with E-state index >= 15 is 0 Å². The third kappa shape index (κ3) is 3.10. The number of carbonyl (C=O) groups excluding carboxylic acids is 1. The molecule has 7 nitrogen and oxygen atoms in total. The normalized spacial score (nSPS) is 19.4. The predicted octanol–water partition coefficient (Wildman–Crippen LogP) is 1.45. The lowest BCUT2D eigenvalue weighted by atomic mass is 10.1. The maximum Gasteiger partial charge on any atom is 0.302 e. The van der Waals surface area contributed by atoms with Crippen molar-refractivity contribution in [2.75, 3.05) is 17.2 Å². The van der Waals surface area contributed by atoms with Crippen molar-refractivity contribution in [1.29, 1.82) is 0 Å². The van der Waals surface area contributed by atoms with Gasteiger partial charge in [0.15, 0.2) is 10.8 Å². The number of furan rings is 1. The van der Waals surface area contributed by atoms with Crippen LogP contribution in [0.5, 0.6) is 0 Å². The molecule has 2 aromatic rings. The highest BCUT2D eigenvalue weighted by atomic mass is 32.3. The number of nitrogens with zero attached hydrogens (tertiary/aromatic N) is 3. The van der Waals surface area contributed by atoms with Crippen LogP contribution in [-0.4, -0.2) is 36.8 Å². The zero-order chi connectivity index (χ0) is 15.0. The maximum atomic E-state index is 12.7. The lowest BCUT2D eigenvalue weighted by Gasteiger charge is -2.11. The van der Waals surface area contributed by atoms with E-state index in [4.69, 9.17) is 4.42 Å². The van der Waals surface area contributed by atoms with E-state index in [-0.39, 0.29) is 18.9 Å². The highest BCUT2D eigenvalue weighted by Gasteiger charge is 2.35. The molecular weight excluding hydrogens is 321 g/mol. The van der Waals surface area contributed by atoms with E-state index in [1.807, 2.05) is 0 Å². The second-order valence-corrected chi connectivity index (χ2v) is 7.01. The van der Waals surface area contributed by atoms with Crippen LogP contribution in [0.1, 0.15) is 6.42 Å². The van der Waals surface area contributed by atoms with Crippen molar-refractivity contribution in [3.63, 3.8) is 0 Å². The molecule has 0 aromatic carbocycles. The van der Waals surface area contributed by atoms with E-state index in [0.717, 1.165) is 11.3 Å². The summed E-state index contributed by atoms with van der Waals surface area (Å²) < 4.78 is 39.2. The van der Waals surface area contributed by atoms with Crippen molar-refractivity contribution in [1.82, 2.24) is 10.2 Å². The van der Waals surface area contributed by atoms with Gasteiger partial charge in [0.1, 0.15) is 0 Å². The Morgan fingerprint density at radius 2 is 2.29 bits per heavy atom. The minimum atomic E-state index is -4.59. The topological polar surface area (TPSA) is 93.4 Å². The molecule has 1 unspecified atom stereocenters. The Balaban J connectivity index is 1.77. The Bertz CT molecular complexity index is 756. The van der Waals surface area contributed by atoms with Gasteiger partial charge in [0.2, 0.25) is 11.0 Å². The molecule has 10 heteroatoms. The average molecular weight is 331 g/mol. The van der Waals surface area contributed by atoms with Crippen LogP contribution in [0.15, 0.2) is 22.8 Å². The molecule has 112 valence electrons. The van der Waals surface area contributed by atoms with Crippen LogP contribution in [-0.2, 0) is 15.0 Å². The molecule has 0 spiro atoms. The van der Waals surface area contributed by atoms with Crippen LogP contribution < -0.4 is 4.90 Å². The summed E-state index contributed by atoms with van der Waals surface area (Å²) in [5, 5.41) is 8.70. The van der Waals surface area contributed by atoms with Gasteiger partial charge in [-0.05, 0) is 12.1 Å². The van der Waals surface area contributed by atoms with Gasteiger partial charge in [-0.1, -0.05) is 11.3 Å². The predicted molar refractivity (Wildman–Crippen MR) is 73.0 cm³/mol. The van der Waals surface area contributed by atoms with Gasteiger partial charge in [0.05, 0.1) is 12.0 Å². The number of anilines is 1. The molecule has 21 heavy (non-hydrogen) atoms. The molecule has 0 aliphatic carbocycles. The van der Waals surface area contributed by atoms with E-state index in [1.165, 1.54) is 11.2 Å². The molecule has 1 amide bonds. The fraction of sp³-hybridized carbons (Fsp3) is 0.364. The Labute approximate surface area is 123 Å². The van der Waals surface area contributed by atoms with E-state index in [9.17, 15) is 17.1 Å². The minimum absolute atomic E-state index is 0.0151. The largest absolute Gasteiger partial charge is 0.462 e. The van der Waals surface area contributed by atoms with Crippen LogP contribution in [0, 0.1) is 5.92 Å². The first-order chi connectivity index (χ1) is 9.92. The maximum absolute atomic E-state index is 12.7. The third-order valence-corrected chi connectivity index (χ3v) is 4.85. The molecule has 0 radical (unpaired) electrons. The molecule has 0 saturated carbocycles. The fourth-order valence-corrected chi connectivity index (χ4v) is 3.81. The van der Waals surface area contributed by atoms with Gasteiger partial charge in [-0.2, -0.15) is 8.42 Å². The van der Waals surface area contributed by atoms with E-state index in [1.54, 1.807) is 12.1 Å². The number of halogens is 1. The quantitative estimate of drug-likeness (QED) is 0.787. The Hall–Kier alpha value is -1.81. The standard InChI is InChI=1S/C11H10FN3O4S2/c12-21(17,18)6-7-4-9(16)15(5-7)11-14-13-10(20-11)8-2-1-3-19-8/h1-3,7H,4-6H2. The van der Waals surface area contributed by atoms with Crippen LogP contribution in [0.25, 0.3) is 10.8 Å². The second kappa shape index (κ2) is 5.19. The van der Waals surface area contributed by atoms with Gasteiger partial charge >= 0.3 is 10.2 Å². The first-order valence-electron chi connectivity index (χ1n) is 6.02. The fourth-order valence-electron chi connectivity index (χ4n) is 2.18. The third-order valence-electron chi connectivity index (χ3n) is 3.02. The monoisotopic (exact) mass is 331 g/mol. The summed E-state index contributed by atoms with van der Waals surface area (Å²) in [6.45, 7) is 0.120. The van der Waals surface area contributed by atoms with Crippen molar-refractivity contribution in [2.45, 2.75) is 6.42 Å². The highest BCUT2D eigenvalue weighted by molar-refractivity contribution is 7.86. The van der Waals surface area contributed by atoms with Crippen LogP contribution >= 0.6 is 11.3 Å². The highest BCUT2D eigenvalue weighted by Crippen LogP contribution is 2.32. The Kier molecular flexibility index (Phi) is 3.49. The number of carbonyl (C=O) groups is 1. The second-order valence-electron chi connectivity index (χ2n) is 4.65. The molecule has 3 rings (SSSR count). The zero-order valence-electron chi connectivity index (χ0n) is 10.6. The summed E-state index contributed by atoms with van der Waals surface area (Å²) >= 11 is 1.16. The first kappa shape index (κ1) is 14.1. The molecule has 1 aliphatic heterocycles. The molecular formula is C11H10FN3O4S2. The van der Waals surface area contributed by atoms with E-state index < -0.39 is 21.9 Å². The van der Waals surface area contributed by atoms with Gasteiger partial charge in [0, 0.05) is 18.9 Å². The number of rotatable bonds is 4. The van der Waals surface area contributed by atoms with Crippen LogP contribution in [0.2, 0.25) is 0 Å². The Morgan fingerprint density at radius 1 is 1.48 bits per heavy atom. The number of aromatic nitrogens is 2. The molecule has 0 bridgehead atoms. The summed E-state index contributed by atoms with van der Waals surface area (Å²) in [6, 6.07) is 3.42. The summed E-state index contributed by atoms with van der Waals surface area (Å²) in [4.78, 5) is 13.2. The first-order valence-corrected chi connectivity index (χ1v) is 8.39. The van der Waals surface area contributed by atoms with Gasteiger partial charge in [-0.3, -0.25) is 9.69 Å². The summed E-state index contributed by atoms with van der Waals surface area (Å²) in [5.74, 6) is -0.971. The number of amides is 1. The van der Waals surface area contributed by atoms with Crippen molar-refractivity contribution in [3.8, 4) is 10.8 Å². The van der Waals surface area contributed by atoms with Crippen molar-refractivity contribution < 1.29 is 21.5 Å². The SMILES string of the molecule is O=C1CC(CS(=O)(=O)F)CN1c1nnc(-c2ccco2)s1. The zero-order valence-corrected chi connectivity index (χ0v) is 12.2. The molecule has 1 aliphatic rings. The van der Waals surface area contributed by atoms with E-state index in [0.29, 0.717) is 15.9 Å². The van der Waals surface area contributed by atoms with Gasteiger partial charge in [-0.25, -0.2) is 0 Å². The summed E-state index contributed by atoms with van der Waals surface area (Å²) in [5.41, 5.74) is 0. The lowest BCUT2D eigenvalue weighted by molar-refractivity contribution is -0.117. The summed E-state index contributed by atoms with van der Waals surface area (Å²) in [7, 11) is -4.59. The van der Waals surface area contributed by atoms with Crippen molar-refractivity contribution >= 4 is 32.6 Å². The lowest BCUT2D eigenvalue weighted by Crippen LogP contribution is -2.25. The van der Waals surface area contributed by atoms with Crippen molar-refractivity contribution in [2.24, 2.45) is 5.92 Å². The van der Waals surface area contributed by atoms with Crippen molar-refractivity contribution in [3.05, 3.63) is 18.4 Å². The minimum Gasteiger partial charge on any atom is -0.462 e. The molecule has 1 fully saturated rings. The van der Waals surface area contributed by atoms with Crippen LogP contribution in [0.4, 0.5) is 9.02 Å². The summed E-state index contributed by atoms with van der Waals surface area (Å²) in [6.07, 6.45) is 1.48. The molecule has 2 aromatic heterocycles. The molecule has 0 N–H and O–H groups in total. The molecule has 1 saturated heterocycles. The van der Waals surface area contributed by atoms with Gasteiger partial charge in [0.25, 0.3) is 0 Å². The Morgan fingerprint density at radius 3 is 2.95 bits per heavy atom. The number of hydrogen-bond acceptors (Lipinski definition) is 7. The molecule has 1 atom stereocenters. The average Bonchev–Trinajstić information content (AvgIpc) is 3.06.